The summed E-state index contributed by atoms with van der Waals surface area (Å²) < 4.78 is 24.9. The van der Waals surface area contributed by atoms with Crippen molar-refractivity contribution >= 4 is 21.4 Å². The standard InChI is InChI=1S/C14H20N2O3S/c1-11(14(17)16-8-3-2-4-9-16)20(18,19)13-7-5-6-12(15)10-13/h5-7,10-11H,2-4,8-9,15H2,1H3. The first kappa shape index (κ1) is 14.8. The molecule has 1 fully saturated rings. The minimum Gasteiger partial charge on any atom is -0.399 e. The van der Waals surface area contributed by atoms with E-state index in [2.05, 4.69) is 0 Å². The monoisotopic (exact) mass is 296 g/mol. The highest BCUT2D eigenvalue weighted by atomic mass is 32.2. The molecule has 2 N–H and O–H groups in total. The Morgan fingerprint density at radius 1 is 1.25 bits per heavy atom. The number of nitrogen functional groups attached to an aromatic ring is 1. The van der Waals surface area contributed by atoms with Crippen LogP contribution in [0.1, 0.15) is 26.2 Å². The highest BCUT2D eigenvalue weighted by molar-refractivity contribution is 7.92. The summed E-state index contributed by atoms with van der Waals surface area (Å²) in [5.41, 5.74) is 5.99. The van der Waals surface area contributed by atoms with Crippen molar-refractivity contribution in [2.75, 3.05) is 18.8 Å². The van der Waals surface area contributed by atoms with Crippen molar-refractivity contribution in [3.63, 3.8) is 0 Å². The number of benzene rings is 1. The van der Waals surface area contributed by atoms with Gasteiger partial charge in [-0.15, -0.1) is 0 Å². The van der Waals surface area contributed by atoms with Crippen LogP contribution in [0.4, 0.5) is 5.69 Å². The third-order valence-electron chi connectivity index (χ3n) is 3.67. The molecule has 2 rings (SSSR count). The maximum Gasteiger partial charge on any atom is 0.241 e. The molecule has 1 heterocycles. The second-order valence-electron chi connectivity index (χ2n) is 5.15. The molecule has 6 heteroatoms. The molecule has 0 bridgehead atoms. The van der Waals surface area contributed by atoms with Crippen molar-refractivity contribution in [3.05, 3.63) is 24.3 Å². The van der Waals surface area contributed by atoms with E-state index in [1.54, 1.807) is 17.0 Å². The van der Waals surface area contributed by atoms with Crippen molar-refractivity contribution in [2.45, 2.75) is 36.3 Å². The van der Waals surface area contributed by atoms with Gasteiger partial charge in [0.05, 0.1) is 4.90 Å². The van der Waals surface area contributed by atoms with Crippen LogP contribution in [-0.4, -0.2) is 37.6 Å². The Hall–Kier alpha value is -1.56. The number of hydrogen-bond acceptors (Lipinski definition) is 4. The lowest BCUT2D eigenvalue weighted by Gasteiger charge is -2.29. The van der Waals surface area contributed by atoms with E-state index in [0.717, 1.165) is 19.3 Å². The number of carbonyl (C=O) groups is 1. The van der Waals surface area contributed by atoms with Gasteiger partial charge in [0.15, 0.2) is 9.84 Å². The van der Waals surface area contributed by atoms with E-state index in [1.165, 1.54) is 19.1 Å². The summed E-state index contributed by atoms with van der Waals surface area (Å²) in [6, 6.07) is 6.08. The Bertz CT molecular complexity index is 592. The number of nitrogens with two attached hydrogens (primary N) is 1. The zero-order valence-corrected chi connectivity index (χ0v) is 12.4. The van der Waals surface area contributed by atoms with Gasteiger partial charge in [-0.2, -0.15) is 0 Å². The molecule has 0 spiro atoms. The maximum absolute atomic E-state index is 12.5. The van der Waals surface area contributed by atoms with Gasteiger partial charge in [-0.25, -0.2) is 8.42 Å². The van der Waals surface area contributed by atoms with Crippen molar-refractivity contribution in [2.24, 2.45) is 0 Å². The topological polar surface area (TPSA) is 80.5 Å². The minimum atomic E-state index is -3.68. The van der Waals surface area contributed by atoms with Gasteiger partial charge < -0.3 is 10.6 Å². The Labute approximate surface area is 119 Å². The van der Waals surface area contributed by atoms with Crippen LogP contribution in [0.15, 0.2) is 29.2 Å². The summed E-state index contributed by atoms with van der Waals surface area (Å²) >= 11 is 0. The lowest BCUT2D eigenvalue weighted by molar-refractivity contribution is -0.131. The summed E-state index contributed by atoms with van der Waals surface area (Å²) in [5, 5.41) is -1.07. The molecule has 20 heavy (non-hydrogen) atoms. The lowest BCUT2D eigenvalue weighted by atomic mass is 10.1. The van der Waals surface area contributed by atoms with Crippen LogP contribution >= 0.6 is 0 Å². The molecule has 5 nitrogen and oxygen atoms in total. The molecular formula is C14H20N2O3S. The third-order valence-corrected chi connectivity index (χ3v) is 5.71. The van der Waals surface area contributed by atoms with Gasteiger partial charge in [-0.1, -0.05) is 6.07 Å². The number of anilines is 1. The molecular weight excluding hydrogens is 276 g/mol. The number of likely N-dealkylation sites (tertiary alicyclic amines) is 1. The maximum atomic E-state index is 12.5. The highest BCUT2D eigenvalue weighted by Gasteiger charge is 2.33. The number of amides is 1. The van der Waals surface area contributed by atoms with Crippen LogP contribution in [0.2, 0.25) is 0 Å². The molecule has 1 aromatic carbocycles. The molecule has 0 radical (unpaired) electrons. The quantitative estimate of drug-likeness (QED) is 0.856. The van der Waals surface area contributed by atoms with E-state index in [-0.39, 0.29) is 10.8 Å². The highest BCUT2D eigenvalue weighted by Crippen LogP contribution is 2.21. The molecule has 1 saturated heterocycles. The summed E-state index contributed by atoms with van der Waals surface area (Å²) in [5.74, 6) is -0.313. The molecule has 1 aliphatic rings. The first-order valence-electron chi connectivity index (χ1n) is 6.81. The Morgan fingerprint density at radius 2 is 1.90 bits per heavy atom. The van der Waals surface area contributed by atoms with Crippen LogP contribution in [-0.2, 0) is 14.6 Å². The molecule has 1 aliphatic heterocycles. The normalized spacial score (nSPS) is 17.8. The van der Waals surface area contributed by atoms with Gasteiger partial charge in [-0.05, 0) is 44.4 Å². The summed E-state index contributed by atoms with van der Waals surface area (Å²) in [6.07, 6.45) is 2.98. The average Bonchev–Trinajstić information content (AvgIpc) is 2.46. The van der Waals surface area contributed by atoms with Crippen molar-refractivity contribution < 1.29 is 13.2 Å². The van der Waals surface area contributed by atoms with Gasteiger partial charge in [0.2, 0.25) is 5.91 Å². The fourth-order valence-corrected chi connectivity index (χ4v) is 3.79. The summed E-state index contributed by atoms with van der Waals surface area (Å²) in [4.78, 5) is 14.1. The van der Waals surface area contributed by atoms with Crippen molar-refractivity contribution in [1.82, 2.24) is 4.90 Å². The van der Waals surface area contributed by atoms with Gasteiger partial charge in [0.1, 0.15) is 5.25 Å². The van der Waals surface area contributed by atoms with E-state index in [1.807, 2.05) is 0 Å². The van der Waals surface area contributed by atoms with Crippen LogP contribution in [0.25, 0.3) is 0 Å². The van der Waals surface area contributed by atoms with Crippen LogP contribution in [0, 0.1) is 0 Å². The molecule has 0 saturated carbocycles. The van der Waals surface area contributed by atoms with Crippen molar-refractivity contribution in [1.29, 1.82) is 0 Å². The predicted molar refractivity (Wildman–Crippen MR) is 77.9 cm³/mol. The Morgan fingerprint density at radius 3 is 2.50 bits per heavy atom. The SMILES string of the molecule is CC(C(=O)N1CCCCC1)S(=O)(=O)c1cccc(N)c1. The number of piperidine rings is 1. The van der Waals surface area contributed by atoms with E-state index < -0.39 is 15.1 Å². The second kappa shape index (κ2) is 5.83. The average molecular weight is 296 g/mol. The molecule has 1 atom stereocenters. The Kier molecular flexibility index (Phi) is 4.32. The Balaban J connectivity index is 2.22. The van der Waals surface area contributed by atoms with E-state index in [0.29, 0.717) is 18.8 Å². The van der Waals surface area contributed by atoms with E-state index in [4.69, 9.17) is 5.73 Å². The molecule has 1 unspecified atom stereocenters. The molecule has 0 aliphatic carbocycles. The lowest BCUT2D eigenvalue weighted by Crippen LogP contribution is -2.44. The summed E-state index contributed by atoms with van der Waals surface area (Å²) in [6.45, 7) is 2.75. The van der Waals surface area contributed by atoms with Gasteiger partial charge >= 0.3 is 0 Å². The molecule has 110 valence electrons. The predicted octanol–water partition coefficient (Wildman–Crippen LogP) is 1.44. The molecule has 1 amide bonds. The van der Waals surface area contributed by atoms with Gasteiger partial charge in [0.25, 0.3) is 0 Å². The van der Waals surface area contributed by atoms with Gasteiger partial charge in [0, 0.05) is 18.8 Å². The first-order chi connectivity index (χ1) is 9.43. The number of carbonyl (C=O) groups excluding carboxylic acids is 1. The smallest absolute Gasteiger partial charge is 0.241 e. The fourth-order valence-electron chi connectivity index (χ4n) is 2.40. The largest absolute Gasteiger partial charge is 0.399 e. The third kappa shape index (κ3) is 2.95. The van der Waals surface area contributed by atoms with Crippen molar-refractivity contribution in [3.8, 4) is 0 Å². The minimum absolute atomic E-state index is 0.107. The first-order valence-corrected chi connectivity index (χ1v) is 8.36. The zero-order valence-electron chi connectivity index (χ0n) is 11.6. The van der Waals surface area contributed by atoms with Crippen LogP contribution < -0.4 is 5.73 Å². The second-order valence-corrected chi connectivity index (χ2v) is 7.41. The fraction of sp³-hybridized carbons (Fsp3) is 0.500. The number of sulfone groups is 1. The number of hydrogen-bond donors (Lipinski definition) is 1. The molecule has 0 aromatic heterocycles. The van der Waals surface area contributed by atoms with Crippen LogP contribution in [0.5, 0.6) is 0 Å². The summed E-state index contributed by atoms with van der Waals surface area (Å²) in [7, 11) is -3.68. The van der Waals surface area contributed by atoms with E-state index in [9.17, 15) is 13.2 Å². The van der Waals surface area contributed by atoms with E-state index >= 15 is 0 Å². The number of rotatable bonds is 3. The number of nitrogens with zero attached hydrogens (tertiary/aromatic N) is 1. The van der Waals surface area contributed by atoms with Gasteiger partial charge in [-0.3, -0.25) is 4.79 Å². The van der Waals surface area contributed by atoms with Crippen LogP contribution in [0.3, 0.4) is 0 Å². The molecule has 1 aromatic rings. The zero-order chi connectivity index (χ0) is 14.8.